The minimum absolute atomic E-state index is 0.0501. The van der Waals surface area contributed by atoms with Crippen molar-refractivity contribution in [2.24, 2.45) is 4.99 Å². The third-order valence-corrected chi connectivity index (χ3v) is 5.47. The van der Waals surface area contributed by atoms with E-state index in [0.29, 0.717) is 31.6 Å². The Morgan fingerprint density at radius 1 is 1.17 bits per heavy atom. The molecule has 6 nitrogen and oxygen atoms in total. The number of carbonyl (C=O) groups is 2. The third-order valence-electron chi connectivity index (χ3n) is 5.47. The van der Waals surface area contributed by atoms with E-state index in [9.17, 15) is 18.4 Å². The number of rotatable bonds is 4. The molecule has 1 spiro atoms. The zero-order chi connectivity index (χ0) is 21.3. The van der Waals surface area contributed by atoms with Gasteiger partial charge in [-0.3, -0.25) is 19.5 Å². The number of aryl methyl sites for hydroxylation is 1. The number of halogens is 2. The average molecular weight is 412 g/mol. The molecule has 8 heteroatoms. The second-order valence-electron chi connectivity index (χ2n) is 7.76. The van der Waals surface area contributed by atoms with Gasteiger partial charge in [0, 0.05) is 37.6 Å². The summed E-state index contributed by atoms with van der Waals surface area (Å²) in [5, 5.41) is 5.41. The summed E-state index contributed by atoms with van der Waals surface area (Å²) in [4.78, 5) is 31.3. The molecule has 4 rings (SSSR count). The molecule has 0 radical (unpaired) electrons. The van der Waals surface area contributed by atoms with Gasteiger partial charge < -0.3 is 10.6 Å². The largest absolute Gasteiger partial charge is 0.326 e. The number of hydrogen-bond donors (Lipinski definition) is 2. The number of hydrogen-bond acceptors (Lipinski definition) is 4. The number of nitrogens with zero attached hydrogens (tertiary/aromatic N) is 2. The minimum Gasteiger partial charge on any atom is -0.326 e. The molecule has 156 valence electrons. The van der Waals surface area contributed by atoms with E-state index in [1.807, 2.05) is 36.1 Å². The maximum Gasteiger partial charge on any atom is 0.272 e. The van der Waals surface area contributed by atoms with Crippen LogP contribution in [-0.4, -0.2) is 47.7 Å². The Bertz CT molecular complexity index is 1010. The van der Waals surface area contributed by atoms with Crippen LogP contribution in [0, 0.1) is 18.6 Å². The quantitative estimate of drug-likeness (QED) is 0.811. The Kier molecular flexibility index (Phi) is 5.34. The number of benzene rings is 2. The van der Waals surface area contributed by atoms with Gasteiger partial charge in [0.1, 0.15) is 23.0 Å². The van der Waals surface area contributed by atoms with Gasteiger partial charge in [-0.2, -0.15) is 0 Å². The number of amides is 2. The van der Waals surface area contributed by atoms with E-state index in [1.54, 1.807) is 0 Å². The van der Waals surface area contributed by atoms with Crippen LogP contribution in [0.15, 0.2) is 47.5 Å². The molecule has 2 aromatic rings. The highest BCUT2D eigenvalue weighted by atomic mass is 19.1. The number of nitrogens with one attached hydrogen (secondary N) is 2. The summed E-state index contributed by atoms with van der Waals surface area (Å²) in [6, 6.07) is 10.6. The van der Waals surface area contributed by atoms with Crippen LogP contribution in [0.25, 0.3) is 0 Å². The highest BCUT2D eigenvalue weighted by Crippen LogP contribution is 2.29. The summed E-state index contributed by atoms with van der Waals surface area (Å²) < 4.78 is 26.9. The number of piperidine rings is 1. The Labute approximate surface area is 173 Å². The van der Waals surface area contributed by atoms with Crippen LogP contribution in [0.2, 0.25) is 0 Å². The summed E-state index contributed by atoms with van der Waals surface area (Å²) in [5.74, 6) is -1.92. The lowest BCUT2D eigenvalue weighted by atomic mass is 9.98. The smallest absolute Gasteiger partial charge is 0.272 e. The summed E-state index contributed by atoms with van der Waals surface area (Å²) in [6.07, 6.45) is 1.13. The molecule has 2 aliphatic heterocycles. The molecule has 30 heavy (non-hydrogen) atoms. The standard InChI is InChI=1S/C22H22F2N4O2/c1-14-2-4-15(5-3-14)20-21(30)27-22(26-20)8-10-28(11-9-22)13-19(29)25-18-12-16(23)6-7-17(18)24/h2-7,12H,8-11,13H2,1H3,(H,25,29)(H,27,30). The summed E-state index contributed by atoms with van der Waals surface area (Å²) in [7, 11) is 0. The molecule has 0 unspecified atom stereocenters. The first-order valence-corrected chi connectivity index (χ1v) is 9.80. The van der Waals surface area contributed by atoms with Crippen molar-refractivity contribution in [1.29, 1.82) is 0 Å². The van der Waals surface area contributed by atoms with Crippen LogP contribution < -0.4 is 10.6 Å². The van der Waals surface area contributed by atoms with Crippen molar-refractivity contribution >= 4 is 23.2 Å². The monoisotopic (exact) mass is 412 g/mol. The predicted octanol–water partition coefficient (Wildman–Crippen LogP) is 2.62. The van der Waals surface area contributed by atoms with E-state index < -0.39 is 23.2 Å². The van der Waals surface area contributed by atoms with Gasteiger partial charge in [0.05, 0.1) is 12.2 Å². The molecule has 2 heterocycles. The lowest BCUT2D eigenvalue weighted by Crippen LogP contribution is -2.52. The van der Waals surface area contributed by atoms with Crippen molar-refractivity contribution in [3.05, 3.63) is 65.2 Å². The molecule has 2 aromatic carbocycles. The topological polar surface area (TPSA) is 73.8 Å². The molecule has 2 amide bonds. The average Bonchev–Trinajstić information content (AvgIpc) is 3.03. The van der Waals surface area contributed by atoms with Crippen LogP contribution in [0.4, 0.5) is 14.5 Å². The first-order valence-electron chi connectivity index (χ1n) is 9.80. The van der Waals surface area contributed by atoms with Crippen molar-refractivity contribution in [2.75, 3.05) is 25.0 Å². The minimum atomic E-state index is -0.686. The van der Waals surface area contributed by atoms with Gasteiger partial charge in [-0.25, -0.2) is 8.78 Å². The van der Waals surface area contributed by atoms with Gasteiger partial charge in [0.15, 0.2) is 0 Å². The third kappa shape index (κ3) is 4.23. The Hall–Kier alpha value is -3.13. The summed E-state index contributed by atoms with van der Waals surface area (Å²) >= 11 is 0. The molecule has 0 saturated carbocycles. The Balaban J connectivity index is 1.36. The van der Waals surface area contributed by atoms with Crippen LogP contribution in [0.1, 0.15) is 24.0 Å². The molecule has 0 aliphatic carbocycles. The van der Waals surface area contributed by atoms with Gasteiger partial charge in [-0.1, -0.05) is 29.8 Å². The lowest BCUT2D eigenvalue weighted by molar-refractivity contribution is -0.119. The van der Waals surface area contributed by atoms with E-state index in [2.05, 4.69) is 10.6 Å². The molecule has 0 bridgehead atoms. The first kappa shape index (κ1) is 20.2. The van der Waals surface area contributed by atoms with Crippen molar-refractivity contribution < 1.29 is 18.4 Å². The van der Waals surface area contributed by atoms with Gasteiger partial charge in [0.25, 0.3) is 5.91 Å². The first-order chi connectivity index (χ1) is 14.3. The molecule has 2 aliphatic rings. The van der Waals surface area contributed by atoms with Gasteiger partial charge >= 0.3 is 0 Å². The van der Waals surface area contributed by atoms with Crippen molar-refractivity contribution in [1.82, 2.24) is 10.2 Å². The molecule has 2 N–H and O–H groups in total. The Morgan fingerprint density at radius 3 is 2.57 bits per heavy atom. The maximum atomic E-state index is 13.7. The zero-order valence-electron chi connectivity index (χ0n) is 16.5. The highest BCUT2D eigenvalue weighted by molar-refractivity contribution is 6.46. The lowest BCUT2D eigenvalue weighted by Gasteiger charge is -2.36. The van der Waals surface area contributed by atoms with E-state index in [-0.39, 0.29) is 18.1 Å². The van der Waals surface area contributed by atoms with E-state index in [1.165, 1.54) is 0 Å². The fourth-order valence-corrected chi connectivity index (χ4v) is 3.77. The predicted molar refractivity (Wildman–Crippen MR) is 109 cm³/mol. The second kappa shape index (κ2) is 7.95. The molecule has 0 aromatic heterocycles. The van der Waals surface area contributed by atoms with E-state index in [4.69, 9.17) is 4.99 Å². The van der Waals surface area contributed by atoms with Gasteiger partial charge in [0.2, 0.25) is 5.91 Å². The molecule has 1 fully saturated rings. The van der Waals surface area contributed by atoms with Crippen LogP contribution in [0.3, 0.4) is 0 Å². The molecular formula is C22H22F2N4O2. The number of likely N-dealkylation sites (tertiary alicyclic amines) is 1. The fourth-order valence-electron chi connectivity index (χ4n) is 3.77. The SMILES string of the molecule is Cc1ccc(C2=NC3(CCN(CC(=O)Nc4cc(F)ccc4F)CC3)NC2=O)cc1. The molecule has 0 atom stereocenters. The van der Waals surface area contributed by atoms with E-state index >= 15 is 0 Å². The van der Waals surface area contributed by atoms with Crippen molar-refractivity contribution in [3.63, 3.8) is 0 Å². The maximum absolute atomic E-state index is 13.7. The molecule has 1 saturated heterocycles. The zero-order valence-corrected chi connectivity index (χ0v) is 16.5. The van der Waals surface area contributed by atoms with Gasteiger partial charge in [-0.15, -0.1) is 0 Å². The normalized spacial score (nSPS) is 18.2. The summed E-state index contributed by atoms with van der Waals surface area (Å²) in [5.41, 5.74) is 1.50. The fraction of sp³-hybridized carbons (Fsp3) is 0.318. The number of aliphatic imine (C=N–C) groups is 1. The molecular weight excluding hydrogens is 390 g/mol. The number of carbonyl (C=O) groups excluding carboxylic acids is 2. The number of anilines is 1. The van der Waals surface area contributed by atoms with Crippen LogP contribution in [-0.2, 0) is 9.59 Å². The van der Waals surface area contributed by atoms with Gasteiger partial charge in [-0.05, 0) is 19.1 Å². The van der Waals surface area contributed by atoms with Crippen molar-refractivity contribution in [2.45, 2.75) is 25.4 Å². The van der Waals surface area contributed by atoms with E-state index in [0.717, 1.165) is 29.3 Å². The Morgan fingerprint density at radius 2 is 1.87 bits per heavy atom. The highest BCUT2D eigenvalue weighted by Gasteiger charge is 2.42. The van der Waals surface area contributed by atoms with Crippen LogP contribution >= 0.6 is 0 Å². The summed E-state index contributed by atoms with van der Waals surface area (Å²) in [6.45, 7) is 3.12. The second-order valence-corrected chi connectivity index (χ2v) is 7.76. The van der Waals surface area contributed by atoms with Crippen LogP contribution in [0.5, 0.6) is 0 Å². The van der Waals surface area contributed by atoms with Crippen molar-refractivity contribution in [3.8, 4) is 0 Å².